The first-order valence-corrected chi connectivity index (χ1v) is 8.24. The molecule has 0 aromatic rings. The SMILES string of the molecule is CC(C)NC(=O)N1CCO[C@]2(CCC[C@H]2COC(C)C)C1. The summed E-state index contributed by atoms with van der Waals surface area (Å²) in [5.74, 6) is 0.398. The molecule has 1 saturated carbocycles. The van der Waals surface area contributed by atoms with Crippen LogP contribution in [0.2, 0.25) is 0 Å². The normalized spacial score (nSPS) is 29.6. The molecule has 1 aliphatic heterocycles. The van der Waals surface area contributed by atoms with Crippen molar-refractivity contribution in [3.8, 4) is 0 Å². The smallest absolute Gasteiger partial charge is 0.317 e. The molecule has 1 N–H and O–H groups in total. The van der Waals surface area contributed by atoms with Crippen LogP contribution in [-0.2, 0) is 9.47 Å². The molecule has 5 heteroatoms. The highest BCUT2D eigenvalue weighted by atomic mass is 16.5. The van der Waals surface area contributed by atoms with Crippen molar-refractivity contribution in [1.29, 1.82) is 0 Å². The van der Waals surface area contributed by atoms with Crippen LogP contribution in [0.15, 0.2) is 0 Å². The van der Waals surface area contributed by atoms with Gasteiger partial charge in [0.1, 0.15) is 0 Å². The summed E-state index contributed by atoms with van der Waals surface area (Å²) in [5.41, 5.74) is -0.193. The van der Waals surface area contributed by atoms with Gasteiger partial charge in [-0.25, -0.2) is 4.79 Å². The van der Waals surface area contributed by atoms with Crippen molar-refractivity contribution in [3.05, 3.63) is 0 Å². The molecule has 1 aliphatic carbocycles. The Morgan fingerprint density at radius 2 is 2.19 bits per heavy atom. The van der Waals surface area contributed by atoms with E-state index in [0.29, 0.717) is 25.6 Å². The third-order valence-corrected chi connectivity index (χ3v) is 4.44. The van der Waals surface area contributed by atoms with E-state index in [2.05, 4.69) is 19.2 Å². The third kappa shape index (κ3) is 4.10. The first kappa shape index (κ1) is 16.6. The number of rotatable bonds is 4. The summed E-state index contributed by atoms with van der Waals surface area (Å²) in [6.45, 7) is 10.8. The molecule has 0 unspecified atom stereocenters. The molecule has 2 aliphatic rings. The van der Waals surface area contributed by atoms with Crippen LogP contribution in [0, 0.1) is 5.92 Å². The summed E-state index contributed by atoms with van der Waals surface area (Å²) in [6, 6.07) is 0.197. The molecule has 122 valence electrons. The lowest BCUT2D eigenvalue weighted by Crippen LogP contribution is -2.58. The van der Waals surface area contributed by atoms with Crippen LogP contribution in [0.4, 0.5) is 4.79 Å². The standard InChI is InChI=1S/C16H30N2O3/c1-12(2)17-15(19)18-8-9-21-16(11-18)7-5-6-14(16)10-20-13(3)4/h12-14H,5-11H2,1-4H3,(H,17,19)/t14-,16+/m0/s1. The summed E-state index contributed by atoms with van der Waals surface area (Å²) < 4.78 is 12.0. The van der Waals surface area contributed by atoms with E-state index >= 15 is 0 Å². The molecule has 0 bridgehead atoms. The third-order valence-electron chi connectivity index (χ3n) is 4.44. The Bertz CT molecular complexity index is 359. The van der Waals surface area contributed by atoms with E-state index in [9.17, 15) is 4.79 Å². The molecule has 2 amide bonds. The number of hydrogen-bond donors (Lipinski definition) is 1. The minimum atomic E-state index is -0.193. The summed E-state index contributed by atoms with van der Waals surface area (Å²) in [7, 11) is 0. The topological polar surface area (TPSA) is 50.8 Å². The van der Waals surface area contributed by atoms with E-state index in [1.807, 2.05) is 18.7 Å². The van der Waals surface area contributed by atoms with Gasteiger partial charge in [0.15, 0.2) is 0 Å². The van der Waals surface area contributed by atoms with E-state index < -0.39 is 0 Å². The van der Waals surface area contributed by atoms with Crippen molar-refractivity contribution >= 4 is 6.03 Å². The van der Waals surface area contributed by atoms with Crippen LogP contribution >= 0.6 is 0 Å². The summed E-state index contributed by atoms with van der Waals surface area (Å²) in [5, 5.41) is 2.98. The second-order valence-corrected chi connectivity index (χ2v) is 6.91. The van der Waals surface area contributed by atoms with E-state index in [-0.39, 0.29) is 23.8 Å². The molecule has 1 spiro atoms. The fourth-order valence-corrected chi connectivity index (χ4v) is 3.38. The molecule has 2 rings (SSSR count). The maximum absolute atomic E-state index is 12.2. The van der Waals surface area contributed by atoms with Gasteiger partial charge in [-0.3, -0.25) is 0 Å². The quantitative estimate of drug-likeness (QED) is 0.867. The van der Waals surface area contributed by atoms with Crippen LogP contribution in [0.5, 0.6) is 0 Å². The molecule has 0 aromatic heterocycles. The molecule has 1 heterocycles. The van der Waals surface area contributed by atoms with Gasteiger partial charge in [0.2, 0.25) is 0 Å². The number of carbonyl (C=O) groups excluding carboxylic acids is 1. The van der Waals surface area contributed by atoms with Crippen molar-refractivity contribution in [3.63, 3.8) is 0 Å². The number of urea groups is 1. The maximum Gasteiger partial charge on any atom is 0.317 e. The van der Waals surface area contributed by atoms with Crippen molar-refractivity contribution in [2.45, 2.75) is 64.7 Å². The zero-order chi connectivity index (χ0) is 15.5. The van der Waals surface area contributed by atoms with Gasteiger partial charge in [0, 0.05) is 18.5 Å². The Morgan fingerprint density at radius 3 is 2.86 bits per heavy atom. The minimum Gasteiger partial charge on any atom is -0.378 e. The number of carbonyl (C=O) groups is 1. The first-order valence-electron chi connectivity index (χ1n) is 8.24. The highest BCUT2D eigenvalue weighted by Gasteiger charge is 2.48. The van der Waals surface area contributed by atoms with Gasteiger partial charge >= 0.3 is 6.03 Å². The zero-order valence-electron chi connectivity index (χ0n) is 13.9. The van der Waals surface area contributed by atoms with Crippen LogP contribution in [0.25, 0.3) is 0 Å². The average molecular weight is 298 g/mol. The number of hydrogen-bond acceptors (Lipinski definition) is 3. The van der Waals surface area contributed by atoms with Gasteiger partial charge in [0.25, 0.3) is 0 Å². The Hall–Kier alpha value is -0.810. The van der Waals surface area contributed by atoms with Gasteiger partial charge < -0.3 is 19.7 Å². The molecule has 0 aromatic carbocycles. The zero-order valence-corrected chi connectivity index (χ0v) is 13.9. The lowest BCUT2D eigenvalue weighted by atomic mass is 9.89. The van der Waals surface area contributed by atoms with Crippen LogP contribution in [0.3, 0.4) is 0 Å². The first-order chi connectivity index (χ1) is 9.93. The molecular weight excluding hydrogens is 268 g/mol. The van der Waals surface area contributed by atoms with Crippen LogP contribution in [-0.4, -0.2) is 55.0 Å². The number of nitrogens with zero attached hydrogens (tertiary/aromatic N) is 1. The second kappa shape index (κ2) is 6.97. The van der Waals surface area contributed by atoms with Gasteiger partial charge in [-0.15, -0.1) is 0 Å². The number of nitrogens with one attached hydrogen (secondary N) is 1. The summed E-state index contributed by atoms with van der Waals surface area (Å²) >= 11 is 0. The largest absolute Gasteiger partial charge is 0.378 e. The van der Waals surface area contributed by atoms with E-state index in [4.69, 9.17) is 9.47 Å². The van der Waals surface area contributed by atoms with Gasteiger partial charge in [0.05, 0.1) is 31.5 Å². The molecule has 2 atom stereocenters. The fourth-order valence-electron chi connectivity index (χ4n) is 3.38. The maximum atomic E-state index is 12.2. The molecule has 5 nitrogen and oxygen atoms in total. The fraction of sp³-hybridized carbons (Fsp3) is 0.938. The Kier molecular flexibility index (Phi) is 5.49. The minimum absolute atomic E-state index is 0.0307. The Balaban J connectivity index is 1.98. The summed E-state index contributed by atoms with van der Waals surface area (Å²) in [4.78, 5) is 14.2. The molecular formula is C16H30N2O3. The number of ether oxygens (including phenoxy) is 2. The monoisotopic (exact) mass is 298 g/mol. The lowest BCUT2D eigenvalue weighted by Gasteiger charge is -2.44. The lowest BCUT2D eigenvalue weighted by molar-refractivity contribution is -0.135. The van der Waals surface area contributed by atoms with Crippen LogP contribution < -0.4 is 5.32 Å². The predicted octanol–water partition coefficient (Wildman–Crippen LogP) is 2.40. The summed E-state index contributed by atoms with van der Waals surface area (Å²) in [6.07, 6.45) is 3.56. The predicted molar refractivity (Wildman–Crippen MR) is 82.4 cm³/mol. The highest BCUT2D eigenvalue weighted by molar-refractivity contribution is 5.74. The van der Waals surface area contributed by atoms with Crippen molar-refractivity contribution in [2.75, 3.05) is 26.3 Å². The second-order valence-electron chi connectivity index (χ2n) is 6.91. The van der Waals surface area contributed by atoms with Gasteiger partial charge in [-0.05, 0) is 40.5 Å². The molecule has 0 radical (unpaired) electrons. The number of amides is 2. The van der Waals surface area contributed by atoms with Crippen molar-refractivity contribution in [1.82, 2.24) is 10.2 Å². The van der Waals surface area contributed by atoms with Gasteiger partial charge in [-0.2, -0.15) is 0 Å². The Labute approximate surface area is 128 Å². The molecule has 2 fully saturated rings. The number of morpholine rings is 1. The molecule has 1 saturated heterocycles. The van der Waals surface area contributed by atoms with Crippen molar-refractivity contribution in [2.24, 2.45) is 5.92 Å². The Morgan fingerprint density at radius 1 is 1.43 bits per heavy atom. The van der Waals surface area contributed by atoms with E-state index in [1.165, 1.54) is 0 Å². The van der Waals surface area contributed by atoms with Crippen molar-refractivity contribution < 1.29 is 14.3 Å². The molecule has 21 heavy (non-hydrogen) atoms. The van der Waals surface area contributed by atoms with Crippen LogP contribution in [0.1, 0.15) is 47.0 Å². The van der Waals surface area contributed by atoms with Gasteiger partial charge in [-0.1, -0.05) is 6.42 Å². The highest BCUT2D eigenvalue weighted by Crippen LogP contribution is 2.41. The van der Waals surface area contributed by atoms with E-state index in [0.717, 1.165) is 25.9 Å². The average Bonchev–Trinajstić information content (AvgIpc) is 2.78. The van der Waals surface area contributed by atoms with E-state index in [1.54, 1.807) is 0 Å².